The minimum Gasteiger partial charge on any atom is -0.295 e. The zero-order valence-electron chi connectivity index (χ0n) is 88.6. The molecule has 131 heavy (non-hydrogen) atoms. The molecule has 3 heterocycles. The number of hydrogen-bond acceptors (Lipinski definition) is 4. The topological polar surface area (TPSA) is 13.0 Å². The monoisotopic (exact) mass is 1790 g/mol. The zero-order valence-corrected chi connectivity index (χ0v) is 88.6. The highest BCUT2D eigenvalue weighted by atomic mass is 15.3. The fourth-order valence-corrected chi connectivity index (χ4v) is 45.7. The van der Waals surface area contributed by atoms with Crippen LogP contribution in [0.1, 0.15) is 513 Å². The molecular weight excluding hydrogens is 1580 g/mol. The maximum Gasteiger partial charge on any atom is 0.156 e. The standard InChI is InChI=1S/C126H213BN4/c1-123(2,3)92-57-66-112-107(71-92)108-72-93(124(4,5)6)58-67-113(108)129(112)98-63-65-111-115(77-98)131(122-105(86-42-27-17-28-43-86)75-95(126(10,11)12)76-106(122)87-44-29-18-30-45-87)117-79-99(128(96-59-52-82(53-60-96)80-34-19-13-20-35-80)97-61-54-83(55-62-97)81-36-21-14-22-37-81)78-116-120(117)127(111)110-64-56-89(91-68-90-48-33-50-101-100-49-31-46-88-47-32-51-102(118(88)100)109(69-91)119(90)101)70-114(110)130(116)121-103(84-38-23-15-24-39-84)73-94(125(7,8)9)74-104(121)85-40-25-16-26-41-85/h80-122H,13-79H2,1-12H3. The van der Waals surface area contributed by atoms with E-state index < -0.39 is 0 Å². The molecule has 5 heteroatoms. The van der Waals surface area contributed by atoms with Gasteiger partial charge in [0.15, 0.2) is 6.71 Å². The van der Waals surface area contributed by atoms with Crippen molar-refractivity contribution in [1.29, 1.82) is 0 Å². The SMILES string of the molecule is CC(C)(C)C1CCC2C(C1)C1CC(C(C)(C)C)CCC1N2C1CCC2B3C4CCC(C5CC6CCCC7C8CCCC9CCCC(C(C5)C67)C98)CC4N(C4C(C5CCCCC5)CC(C(C)(C)C)CC4C4CCCCC4)C4CC(N(C5CCC(C6CCCCC6)CC5)C5CCC(C6CCCCC6)CC5)CC(C34)N(C3C(C4CCCCC4)CC(C(C)(C)C)CC3C3CCCCC3)C2C1. The van der Waals surface area contributed by atoms with E-state index in [-0.39, 0.29) is 0 Å². The summed E-state index contributed by atoms with van der Waals surface area (Å²) >= 11 is 0. The van der Waals surface area contributed by atoms with Crippen LogP contribution in [0.5, 0.6) is 0 Å². The van der Waals surface area contributed by atoms with Gasteiger partial charge in [0.1, 0.15) is 0 Å². The van der Waals surface area contributed by atoms with Crippen molar-refractivity contribution in [3.05, 3.63) is 0 Å². The van der Waals surface area contributed by atoms with E-state index in [4.69, 9.17) is 0 Å². The summed E-state index contributed by atoms with van der Waals surface area (Å²) in [6, 6.07) is 9.50. The van der Waals surface area contributed by atoms with Gasteiger partial charge in [0, 0.05) is 72.5 Å². The van der Waals surface area contributed by atoms with E-state index in [0.29, 0.717) is 21.7 Å². The van der Waals surface area contributed by atoms with Gasteiger partial charge in [-0.15, -0.1) is 0 Å². The summed E-state index contributed by atoms with van der Waals surface area (Å²) in [5, 5.41) is 0. The first kappa shape index (κ1) is 94.5. The molecular formula is C126H213BN4. The van der Waals surface area contributed by atoms with Gasteiger partial charge in [-0.1, -0.05) is 333 Å². The lowest BCUT2D eigenvalue weighted by Crippen LogP contribution is -2.78. The van der Waals surface area contributed by atoms with Crippen molar-refractivity contribution < 1.29 is 0 Å². The molecule has 740 valence electrons. The third-order valence-corrected chi connectivity index (χ3v) is 51.4. The van der Waals surface area contributed by atoms with E-state index in [0.717, 1.165) is 262 Å². The van der Waals surface area contributed by atoms with Crippen LogP contribution in [0.15, 0.2) is 0 Å². The van der Waals surface area contributed by atoms with Gasteiger partial charge in [0.25, 0.3) is 0 Å². The third-order valence-electron chi connectivity index (χ3n) is 51.4. The molecule has 0 aromatic carbocycles. The molecule has 0 spiro atoms. The molecule has 0 radical (unpaired) electrons. The summed E-state index contributed by atoms with van der Waals surface area (Å²) < 4.78 is 0. The van der Waals surface area contributed by atoms with Crippen molar-refractivity contribution in [3.8, 4) is 0 Å². The molecule has 4 nitrogen and oxygen atoms in total. The molecule has 29 atom stereocenters. The third kappa shape index (κ3) is 18.2. The maximum atomic E-state index is 4.15. The van der Waals surface area contributed by atoms with E-state index in [1.807, 2.05) is 0 Å². The Morgan fingerprint density at radius 2 is 0.527 bits per heavy atom. The lowest BCUT2D eigenvalue weighted by Gasteiger charge is -2.73. The minimum absolute atomic E-state index is 0.365. The quantitative estimate of drug-likeness (QED) is 0.170. The first-order valence-corrected chi connectivity index (χ1v) is 62.6. The predicted molar refractivity (Wildman–Crippen MR) is 555 cm³/mol. The Balaban J connectivity index is 0.724. The molecule has 23 rings (SSSR count). The van der Waals surface area contributed by atoms with Crippen molar-refractivity contribution >= 4 is 6.71 Å². The van der Waals surface area contributed by atoms with E-state index >= 15 is 0 Å². The first-order valence-electron chi connectivity index (χ1n) is 62.6. The van der Waals surface area contributed by atoms with Gasteiger partial charge in [0.2, 0.25) is 0 Å². The first-order chi connectivity index (χ1) is 63.5. The Hall–Kier alpha value is -0.0951. The second-order valence-corrected chi connectivity index (χ2v) is 60.5. The molecule has 0 amide bonds. The fourth-order valence-electron chi connectivity index (χ4n) is 45.7. The van der Waals surface area contributed by atoms with Crippen molar-refractivity contribution in [2.75, 3.05) is 0 Å². The molecule has 0 N–H and O–H groups in total. The van der Waals surface area contributed by atoms with Crippen LogP contribution in [-0.4, -0.2) is 98.8 Å². The Kier molecular flexibility index (Phi) is 28.2. The molecule has 0 bridgehead atoms. The van der Waals surface area contributed by atoms with Gasteiger partial charge in [-0.3, -0.25) is 19.6 Å². The lowest BCUT2D eigenvalue weighted by molar-refractivity contribution is -0.158. The van der Waals surface area contributed by atoms with Crippen LogP contribution in [0.25, 0.3) is 0 Å². The molecule has 23 fully saturated rings. The average Bonchev–Trinajstić information content (AvgIpc) is 0.910. The van der Waals surface area contributed by atoms with E-state index in [9.17, 15) is 0 Å². The Morgan fingerprint density at radius 1 is 0.191 bits per heavy atom. The molecule has 29 unspecified atom stereocenters. The van der Waals surface area contributed by atoms with Gasteiger partial charge in [0.05, 0.1) is 0 Å². The van der Waals surface area contributed by atoms with Gasteiger partial charge in [-0.05, 0) is 385 Å². The number of hydrogen-bond donors (Lipinski definition) is 0. The van der Waals surface area contributed by atoms with Crippen molar-refractivity contribution in [1.82, 2.24) is 19.6 Å². The zero-order chi connectivity index (χ0) is 89.1. The fraction of sp³-hybridized carbons (Fsp3) is 1.00. The summed E-state index contributed by atoms with van der Waals surface area (Å²) in [6.45, 7) is 34.0. The molecule has 0 aromatic rings. The van der Waals surface area contributed by atoms with E-state index in [1.54, 1.807) is 315 Å². The molecule has 3 saturated heterocycles. The highest BCUT2D eigenvalue weighted by molar-refractivity contribution is 6.65. The van der Waals surface area contributed by atoms with Crippen LogP contribution >= 0.6 is 0 Å². The summed E-state index contributed by atoms with van der Waals surface area (Å²) in [6.07, 6.45) is 105. The normalized spacial score (nSPS) is 48.7. The Morgan fingerprint density at radius 3 is 0.931 bits per heavy atom. The van der Waals surface area contributed by atoms with Crippen molar-refractivity contribution in [2.24, 2.45) is 187 Å². The highest BCUT2D eigenvalue weighted by Gasteiger charge is 2.72. The Labute approximate surface area is 811 Å². The molecule has 0 aromatic heterocycles. The smallest absolute Gasteiger partial charge is 0.156 e. The lowest BCUT2D eigenvalue weighted by atomic mass is 9.18. The molecule has 23 aliphatic rings. The van der Waals surface area contributed by atoms with Gasteiger partial charge in [-0.25, -0.2) is 0 Å². The minimum atomic E-state index is 0.365. The molecule has 3 aliphatic heterocycles. The number of fused-ring (bicyclic) bond motifs is 9. The van der Waals surface area contributed by atoms with Crippen LogP contribution < -0.4 is 0 Å². The average molecular weight is 1790 g/mol. The summed E-state index contributed by atoms with van der Waals surface area (Å²) in [5.41, 5.74) is 1.55. The molecule has 20 saturated carbocycles. The largest absolute Gasteiger partial charge is 0.295 e. The van der Waals surface area contributed by atoms with Crippen molar-refractivity contribution in [2.45, 2.75) is 603 Å². The summed E-state index contributed by atoms with van der Waals surface area (Å²) in [5.74, 6) is 30.1. The summed E-state index contributed by atoms with van der Waals surface area (Å²) in [7, 11) is 0. The number of likely N-dealkylation sites (tertiary alicyclic amines) is 1. The van der Waals surface area contributed by atoms with Crippen LogP contribution in [0.4, 0.5) is 0 Å². The van der Waals surface area contributed by atoms with Crippen LogP contribution in [0.2, 0.25) is 17.5 Å². The van der Waals surface area contributed by atoms with Crippen LogP contribution in [0.3, 0.4) is 0 Å². The van der Waals surface area contributed by atoms with Crippen LogP contribution in [-0.2, 0) is 0 Å². The van der Waals surface area contributed by atoms with Gasteiger partial charge in [-0.2, -0.15) is 0 Å². The van der Waals surface area contributed by atoms with E-state index in [1.165, 1.54) is 116 Å². The van der Waals surface area contributed by atoms with Crippen molar-refractivity contribution in [3.63, 3.8) is 0 Å². The van der Waals surface area contributed by atoms with E-state index in [2.05, 4.69) is 103 Å². The predicted octanol–water partition coefficient (Wildman–Crippen LogP) is 34.1. The maximum absolute atomic E-state index is 4.15. The molecule has 20 aliphatic carbocycles. The summed E-state index contributed by atoms with van der Waals surface area (Å²) in [4.78, 5) is 15.8. The number of rotatable bonds is 13. The Bertz CT molecular complexity index is 3510. The van der Waals surface area contributed by atoms with Gasteiger partial charge >= 0.3 is 0 Å². The number of nitrogens with zero attached hydrogens (tertiary/aromatic N) is 4. The second kappa shape index (κ2) is 39.1. The highest BCUT2D eigenvalue weighted by Crippen LogP contribution is 2.72. The van der Waals surface area contributed by atoms with Gasteiger partial charge < -0.3 is 0 Å². The van der Waals surface area contributed by atoms with Crippen LogP contribution in [0, 0.1) is 187 Å². The second-order valence-electron chi connectivity index (χ2n) is 60.5.